The average Bonchev–Trinajstić information content (AvgIpc) is 2.77. The number of aliphatic hydroxyl groups is 1. The zero-order chi connectivity index (χ0) is 23.4. The van der Waals surface area contributed by atoms with Gasteiger partial charge in [-0.3, -0.25) is 5.73 Å². The van der Waals surface area contributed by atoms with E-state index in [1.807, 2.05) is 24.3 Å². The van der Waals surface area contributed by atoms with E-state index in [4.69, 9.17) is 15.2 Å². The highest BCUT2D eigenvalue weighted by atomic mass is 32.2. The summed E-state index contributed by atoms with van der Waals surface area (Å²) in [5.41, 5.74) is 7.74. The summed E-state index contributed by atoms with van der Waals surface area (Å²) in [6, 6.07) is 22.8. The number of ether oxygens (including phenoxy) is 2. The first-order valence-corrected chi connectivity index (χ1v) is 11.6. The SMILES string of the molecule is COc1ccc(C(CS(=O)(=O)N(c2ccccc2)C(C)(N)O)c2ccc(OC)cc2)cc1. The van der Waals surface area contributed by atoms with Crippen LogP contribution in [-0.2, 0) is 10.0 Å². The Kier molecular flexibility index (Phi) is 7.08. The lowest BCUT2D eigenvalue weighted by Crippen LogP contribution is -2.57. The molecule has 0 amide bonds. The van der Waals surface area contributed by atoms with Gasteiger partial charge in [0, 0.05) is 5.92 Å². The molecule has 7 nitrogen and oxygen atoms in total. The second kappa shape index (κ2) is 9.60. The molecule has 0 saturated carbocycles. The van der Waals surface area contributed by atoms with Crippen LogP contribution >= 0.6 is 0 Å². The minimum absolute atomic E-state index is 0.281. The average molecular weight is 457 g/mol. The third-order valence-electron chi connectivity index (χ3n) is 5.09. The number of rotatable bonds is 9. The summed E-state index contributed by atoms with van der Waals surface area (Å²) in [5.74, 6) is -1.62. The first-order valence-electron chi connectivity index (χ1n) is 10.0. The minimum Gasteiger partial charge on any atom is -0.497 e. The number of hydrogen-bond donors (Lipinski definition) is 2. The van der Waals surface area contributed by atoms with Gasteiger partial charge in [0.05, 0.1) is 25.7 Å². The molecule has 3 aromatic rings. The van der Waals surface area contributed by atoms with Gasteiger partial charge in [0.1, 0.15) is 11.5 Å². The Morgan fingerprint density at radius 1 is 0.875 bits per heavy atom. The van der Waals surface area contributed by atoms with E-state index in [1.54, 1.807) is 68.8 Å². The summed E-state index contributed by atoms with van der Waals surface area (Å²) in [6.45, 7) is 1.24. The van der Waals surface area contributed by atoms with Crippen LogP contribution in [-0.4, -0.2) is 39.3 Å². The van der Waals surface area contributed by atoms with E-state index in [9.17, 15) is 13.5 Å². The molecule has 3 aromatic carbocycles. The maximum Gasteiger partial charge on any atom is 0.239 e. The molecular formula is C24H28N2O5S. The van der Waals surface area contributed by atoms with Gasteiger partial charge in [-0.25, -0.2) is 12.7 Å². The lowest BCUT2D eigenvalue weighted by Gasteiger charge is -2.35. The largest absolute Gasteiger partial charge is 0.497 e. The molecule has 0 heterocycles. The lowest BCUT2D eigenvalue weighted by atomic mass is 9.93. The fourth-order valence-corrected chi connectivity index (χ4v) is 5.57. The Labute approximate surface area is 189 Å². The molecular weight excluding hydrogens is 428 g/mol. The van der Waals surface area contributed by atoms with Crippen LogP contribution in [0.2, 0.25) is 0 Å². The van der Waals surface area contributed by atoms with Crippen molar-refractivity contribution in [1.82, 2.24) is 0 Å². The molecule has 170 valence electrons. The topological polar surface area (TPSA) is 102 Å². The van der Waals surface area contributed by atoms with Crippen LogP contribution in [0.15, 0.2) is 78.9 Å². The fraction of sp³-hybridized carbons (Fsp3) is 0.250. The molecule has 0 spiro atoms. The van der Waals surface area contributed by atoms with Gasteiger partial charge in [0.15, 0.2) is 0 Å². The number of sulfonamides is 1. The van der Waals surface area contributed by atoms with Gasteiger partial charge < -0.3 is 14.6 Å². The van der Waals surface area contributed by atoms with Gasteiger partial charge in [-0.05, 0) is 54.4 Å². The predicted octanol–water partition coefficient (Wildman–Crippen LogP) is 3.30. The van der Waals surface area contributed by atoms with E-state index >= 15 is 0 Å². The number of nitrogens with two attached hydrogens (primary N) is 1. The van der Waals surface area contributed by atoms with Crippen LogP contribution in [0.3, 0.4) is 0 Å². The van der Waals surface area contributed by atoms with E-state index in [0.29, 0.717) is 11.5 Å². The third-order valence-corrected chi connectivity index (χ3v) is 6.99. The van der Waals surface area contributed by atoms with E-state index in [2.05, 4.69) is 0 Å². The van der Waals surface area contributed by atoms with Crippen LogP contribution in [0.5, 0.6) is 11.5 Å². The molecule has 0 aromatic heterocycles. The maximum atomic E-state index is 13.6. The van der Waals surface area contributed by atoms with Crippen molar-refractivity contribution in [2.24, 2.45) is 5.73 Å². The monoisotopic (exact) mass is 456 g/mol. The first-order chi connectivity index (χ1) is 15.2. The molecule has 1 unspecified atom stereocenters. The molecule has 0 saturated heterocycles. The molecule has 0 bridgehead atoms. The third kappa shape index (κ3) is 5.40. The molecule has 1 atom stereocenters. The Morgan fingerprint density at radius 2 is 1.31 bits per heavy atom. The quantitative estimate of drug-likeness (QED) is 0.479. The molecule has 3 N–H and O–H groups in total. The normalized spacial score (nSPS) is 13.4. The van der Waals surface area contributed by atoms with E-state index in [1.165, 1.54) is 6.92 Å². The summed E-state index contributed by atoms with van der Waals surface area (Å²) in [6.07, 6.45) is 0. The van der Waals surface area contributed by atoms with E-state index in [-0.39, 0.29) is 11.4 Å². The first kappa shape index (κ1) is 23.6. The Hall–Kier alpha value is -3.07. The number of hydrogen-bond acceptors (Lipinski definition) is 6. The van der Waals surface area contributed by atoms with Crippen molar-refractivity contribution in [3.8, 4) is 11.5 Å². The van der Waals surface area contributed by atoms with Crippen molar-refractivity contribution in [3.05, 3.63) is 90.0 Å². The van der Waals surface area contributed by atoms with Crippen LogP contribution < -0.4 is 19.5 Å². The Bertz CT molecular complexity index is 1060. The van der Waals surface area contributed by atoms with Crippen molar-refractivity contribution in [1.29, 1.82) is 0 Å². The Balaban J connectivity index is 2.06. The highest BCUT2D eigenvalue weighted by Crippen LogP contribution is 2.32. The smallest absolute Gasteiger partial charge is 0.239 e. The van der Waals surface area contributed by atoms with Gasteiger partial charge in [0.2, 0.25) is 15.9 Å². The van der Waals surface area contributed by atoms with Crippen molar-refractivity contribution in [2.45, 2.75) is 18.7 Å². The van der Waals surface area contributed by atoms with Gasteiger partial charge in [0.25, 0.3) is 0 Å². The molecule has 0 fully saturated rings. The second-order valence-corrected chi connectivity index (χ2v) is 9.43. The van der Waals surface area contributed by atoms with Crippen LogP contribution in [0.25, 0.3) is 0 Å². The van der Waals surface area contributed by atoms with Crippen molar-refractivity contribution in [2.75, 3.05) is 24.3 Å². The Morgan fingerprint density at radius 3 is 1.69 bits per heavy atom. The predicted molar refractivity (Wildman–Crippen MR) is 125 cm³/mol. The molecule has 0 aliphatic heterocycles. The molecule has 0 aliphatic rings. The number of methoxy groups -OCH3 is 2. The number of nitrogens with zero attached hydrogens (tertiary/aromatic N) is 1. The summed E-state index contributed by atoms with van der Waals surface area (Å²) >= 11 is 0. The highest BCUT2D eigenvalue weighted by molar-refractivity contribution is 7.92. The number of anilines is 1. The zero-order valence-corrected chi connectivity index (χ0v) is 19.1. The van der Waals surface area contributed by atoms with Gasteiger partial charge in [-0.15, -0.1) is 0 Å². The van der Waals surface area contributed by atoms with Crippen LogP contribution in [0, 0.1) is 0 Å². The maximum absolute atomic E-state index is 13.6. The van der Waals surface area contributed by atoms with Gasteiger partial charge >= 0.3 is 0 Å². The van der Waals surface area contributed by atoms with Crippen LogP contribution in [0.1, 0.15) is 24.0 Å². The van der Waals surface area contributed by atoms with Crippen molar-refractivity contribution >= 4 is 15.7 Å². The van der Waals surface area contributed by atoms with E-state index in [0.717, 1.165) is 15.4 Å². The van der Waals surface area contributed by atoms with E-state index < -0.39 is 21.8 Å². The van der Waals surface area contributed by atoms with Gasteiger partial charge in [-0.2, -0.15) is 0 Å². The zero-order valence-electron chi connectivity index (χ0n) is 18.3. The molecule has 8 heteroatoms. The fourth-order valence-electron chi connectivity index (χ4n) is 3.61. The van der Waals surface area contributed by atoms with Gasteiger partial charge in [-0.1, -0.05) is 42.5 Å². The van der Waals surface area contributed by atoms with Crippen molar-refractivity contribution in [3.63, 3.8) is 0 Å². The number of para-hydroxylation sites is 1. The summed E-state index contributed by atoms with van der Waals surface area (Å²) in [5, 5.41) is 10.5. The molecule has 0 aliphatic carbocycles. The summed E-state index contributed by atoms with van der Waals surface area (Å²) in [4.78, 5) is 0. The summed E-state index contributed by atoms with van der Waals surface area (Å²) < 4.78 is 38.6. The minimum atomic E-state index is -4.06. The number of benzene rings is 3. The van der Waals surface area contributed by atoms with Crippen molar-refractivity contribution < 1.29 is 23.0 Å². The second-order valence-electron chi connectivity index (χ2n) is 7.57. The highest BCUT2D eigenvalue weighted by Gasteiger charge is 2.37. The van der Waals surface area contributed by atoms with Crippen LogP contribution in [0.4, 0.5) is 5.69 Å². The lowest BCUT2D eigenvalue weighted by molar-refractivity contribution is 0.0801. The molecule has 3 rings (SSSR count). The standard InChI is InChI=1S/C24H28N2O5S/c1-24(25,27)26(20-7-5-4-6-8-20)32(28,29)17-23(18-9-13-21(30-2)14-10-18)19-11-15-22(31-3)16-12-19/h4-16,23,27H,17,25H2,1-3H3. The molecule has 0 radical (unpaired) electrons. The molecule has 32 heavy (non-hydrogen) atoms. The summed E-state index contributed by atoms with van der Waals surface area (Å²) in [7, 11) is -0.922.